The zero-order chi connectivity index (χ0) is 16.2. The number of pyridine rings is 1. The molecule has 1 aromatic rings. The van der Waals surface area contributed by atoms with Gasteiger partial charge in [-0.3, -0.25) is 4.90 Å². The Balaban J connectivity index is 1.71. The Morgan fingerprint density at radius 2 is 2.27 bits per heavy atom. The number of carbonyl (C=O) groups is 1. The van der Waals surface area contributed by atoms with Gasteiger partial charge in [0, 0.05) is 25.8 Å². The minimum Gasteiger partial charge on any atom is -0.444 e. The third-order valence-electron chi connectivity index (χ3n) is 3.50. The van der Waals surface area contributed by atoms with Gasteiger partial charge >= 0.3 is 6.09 Å². The zero-order valence-electron chi connectivity index (χ0n) is 13.4. The maximum Gasteiger partial charge on any atom is 0.407 e. The normalized spacial score (nSPS) is 19.2. The highest BCUT2D eigenvalue weighted by atomic mass is 35.5. The van der Waals surface area contributed by atoms with Crippen molar-refractivity contribution in [3.8, 4) is 0 Å². The van der Waals surface area contributed by atoms with Crippen LogP contribution < -0.4 is 5.32 Å². The van der Waals surface area contributed by atoms with E-state index < -0.39 is 5.60 Å². The number of alkyl carbamates (subject to hydrolysis) is 1. The van der Waals surface area contributed by atoms with Gasteiger partial charge in [-0.25, -0.2) is 9.78 Å². The molecule has 1 atom stereocenters. The van der Waals surface area contributed by atoms with E-state index in [1.165, 1.54) is 0 Å². The molecular formula is C16H24ClN3O2. The molecule has 1 saturated heterocycles. The molecule has 5 nitrogen and oxygen atoms in total. The third kappa shape index (κ3) is 5.81. The van der Waals surface area contributed by atoms with Gasteiger partial charge in [0.2, 0.25) is 0 Å². The molecule has 1 N–H and O–H groups in total. The maximum absolute atomic E-state index is 11.7. The summed E-state index contributed by atoms with van der Waals surface area (Å²) in [6, 6.07) is 3.82. The van der Waals surface area contributed by atoms with Crippen LogP contribution in [-0.2, 0) is 11.3 Å². The number of nitrogens with zero attached hydrogens (tertiary/aromatic N) is 2. The van der Waals surface area contributed by atoms with E-state index in [1.54, 1.807) is 0 Å². The van der Waals surface area contributed by atoms with Crippen molar-refractivity contribution >= 4 is 17.7 Å². The molecule has 0 aromatic carbocycles. The second-order valence-corrected chi connectivity index (χ2v) is 7.15. The molecule has 1 aliphatic heterocycles. The fraction of sp³-hybridized carbons (Fsp3) is 0.625. The van der Waals surface area contributed by atoms with Gasteiger partial charge in [-0.2, -0.15) is 0 Å². The van der Waals surface area contributed by atoms with E-state index in [0.717, 1.165) is 31.6 Å². The smallest absolute Gasteiger partial charge is 0.407 e. The molecule has 0 aliphatic carbocycles. The van der Waals surface area contributed by atoms with Crippen LogP contribution in [0.5, 0.6) is 0 Å². The van der Waals surface area contributed by atoms with Crippen LogP contribution in [0, 0.1) is 5.92 Å². The summed E-state index contributed by atoms with van der Waals surface area (Å²) in [5, 5.41) is 3.37. The highest BCUT2D eigenvalue weighted by Gasteiger charge is 2.24. The number of amides is 1. The molecule has 1 aromatic heterocycles. The van der Waals surface area contributed by atoms with Crippen LogP contribution in [0.1, 0.15) is 32.8 Å². The molecule has 22 heavy (non-hydrogen) atoms. The lowest BCUT2D eigenvalue weighted by Gasteiger charge is -2.21. The van der Waals surface area contributed by atoms with Gasteiger partial charge in [-0.05, 0) is 51.3 Å². The van der Waals surface area contributed by atoms with Crippen molar-refractivity contribution in [2.45, 2.75) is 39.3 Å². The van der Waals surface area contributed by atoms with E-state index in [2.05, 4.69) is 15.2 Å². The minimum atomic E-state index is -0.451. The standard InChI is InChI=1S/C16H24ClN3O2/c1-16(2,3)22-15(21)19-9-13-6-7-20(11-13)10-12-4-5-14(17)18-8-12/h4-5,8,13H,6-7,9-11H2,1-3H3,(H,19,21)/t13-/m0/s1. The first kappa shape index (κ1) is 17.0. The molecule has 0 bridgehead atoms. The third-order valence-corrected chi connectivity index (χ3v) is 3.72. The Morgan fingerprint density at radius 3 is 2.91 bits per heavy atom. The number of nitrogens with one attached hydrogen (secondary N) is 1. The van der Waals surface area contributed by atoms with Crippen LogP contribution in [0.15, 0.2) is 18.3 Å². The zero-order valence-corrected chi connectivity index (χ0v) is 14.2. The summed E-state index contributed by atoms with van der Waals surface area (Å²) in [7, 11) is 0. The first-order chi connectivity index (χ1) is 10.3. The predicted molar refractivity (Wildman–Crippen MR) is 86.9 cm³/mol. The Labute approximate surface area is 137 Å². The summed E-state index contributed by atoms with van der Waals surface area (Å²) in [6.45, 7) is 9.12. The summed E-state index contributed by atoms with van der Waals surface area (Å²) in [4.78, 5) is 18.1. The van der Waals surface area contributed by atoms with Crippen molar-refractivity contribution in [2.75, 3.05) is 19.6 Å². The lowest BCUT2D eigenvalue weighted by atomic mass is 10.1. The maximum atomic E-state index is 11.7. The topological polar surface area (TPSA) is 54.5 Å². The molecule has 2 heterocycles. The van der Waals surface area contributed by atoms with Crippen LogP contribution in [-0.4, -0.2) is 41.2 Å². The van der Waals surface area contributed by atoms with Crippen molar-refractivity contribution in [3.63, 3.8) is 0 Å². The molecule has 0 unspecified atom stereocenters. The molecule has 0 spiro atoms. The Hall–Kier alpha value is -1.33. The SMILES string of the molecule is CC(C)(C)OC(=O)NC[C@@H]1CCN(Cc2ccc(Cl)nc2)C1. The Morgan fingerprint density at radius 1 is 1.50 bits per heavy atom. The first-order valence-electron chi connectivity index (χ1n) is 7.61. The molecule has 6 heteroatoms. The van der Waals surface area contributed by atoms with Crippen LogP contribution >= 0.6 is 11.6 Å². The van der Waals surface area contributed by atoms with Crippen LogP contribution in [0.25, 0.3) is 0 Å². The fourth-order valence-corrected chi connectivity index (χ4v) is 2.63. The van der Waals surface area contributed by atoms with Gasteiger partial charge in [0.1, 0.15) is 10.8 Å². The van der Waals surface area contributed by atoms with Gasteiger partial charge < -0.3 is 10.1 Å². The summed E-state index contributed by atoms with van der Waals surface area (Å²) in [5.41, 5.74) is 0.707. The highest BCUT2D eigenvalue weighted by molar-refractivity contribution is 6.29. The largest absolute Gasteiger partial charge is 0.444 e. The molecule has 122 valence electrons. The number of aromatic nitrogens is 1. The van der Waals surface area contributed by atoms with E-state index in [0.29, 0.717) is 17.6 Å². The Bertz CT molecular complexity index is 499. The summed E-state index contributed by atoms with van der Waals surface area (Å²) in [5.74, 6) is 0.466. The first-order valence-corrected chi connectivity index (χ1v) is 7.99. The number of likely N-dealkylation sites (tertiary alicyclic amines) is 1. The van der Waals surface area contributed by atoms with E-state index >= 15 is 0 Å². The monoisotopic (exact) mass is 325 g/mol. The van der Waals surface area contributed by atoms with Crippen molar-refractivity contribution in [1.29, 1.82) is 0 Å². The van der Waals surface area contributed by atoms with E-state index in [9.17, 15) is 4.79 Å². The van der Waals surface area contributed by atoms with Gasteiger partial charge in [0.15, 0.2) is 0 Å². The molecular weight excluding hydrogens is 302 g/mol. The number of ether oxygens (including phenoxy) is 1. The van der Waals surface area contributed by atoms with E-state index in [-0.39, 0.29) is 6.09 Å². The lowest BCUT2D eigenvalue weighted by Crippen LogP contribution is -2.35. The highest BCUT2D eigenvalue weighted by Crippen LogP contribution is 2.18. The Kier molecular flexibility index (Phi) is 5.64. The molecule has 2 rings (SSSR count). The number of carbonyl (C=O) groups excluding carboxylic acids is 1. The van der Waals surface area contributed by atoms with Crippen molar-refractivity contribution < 1.29 is 9.53 Å². The second kappa shape index (κ2) is 7.29. The average molecular weight is 326 g/mol. The molecule has 1 fully saturated rings. The lowest BCUT2D eigenvalue weighted by molar-refractivity contribution is 0.0519. The minimum absolute atomic E-state index is 0.340. The summed E-state index contributed by atoms with van der Waals surface area (Å²) >= 11 is 5.79. The summed E-state index contributed by atoms with van der Waals surface area (Å²) in [6.07, 6.45) is 2.55. The van der Waals surface area contributed by atoms with Gasteiger partial charge in [-0.15, -0.1) is 0 Å². The van der Waals surface area contributed by atoms with Crippen LogP contribution in [0.2, 0.25) is 5.15 Å². The van der Waals surface area contributed by atoms with Crippen LogP contribution in [0.3, 0.4) is 0 Å². The molecule has 1 aliphatic rings. The molecule has 1 amide bonds. The number of rotatable bonds is 4. The second-order valence-electron chi connectivity index (χ2n) is 6.76. The van der Waals surface area contributed by atoms with Crippen molar-refractivity contribution in [2.24, 2.45) is 5.92 Å². The van der Waals surface area contributed by atoms with Gasteiger partial charge in [0.05, 0.1) is 0 Å². The number of hydrogen-bond acceptors (Lipinski definition) is 4. The predicted octanol–water partition coefficient (Wildman–Crippen LogP) is 3.08. The van der Waals surface area contributed by atoms with Gasteiger partial charge in [0.25, 0.3) is 0 Å². The number of halogens is 1. The van der Waals surface area contributed by atoms with E-state index in [4.69, 9.17) is 16.3 Å². The number of hydrogen-bond donors (Lipinski definition) is 1. The van der Waals surface area contributed by atoms with Crippen molar-refractivity contribution in [1.82, 2.24) is 15.2 Å². The van der Waals surface area contributed by atoms with Crippen molar-refractivity contribution in [3.05, 3.63) is 29.0 Å². The molecule has 0 radical (unpaired) electrons. The van der Waals surface area contributed by atoms with Gasteiger partial charge in [-0.1, -0.05) is 17.7 Å². The quantitative estimate of drug-likeness (QED) is 0.864. The van der Waals surface area contributed by atoms with Crippen LogP contribution in [0.4, 0.5) is 4.79 Å². The van der Waals surface area contributed by atoms with E-state index in [1.807, 2.05) is 39.1 Å². The summed E-state index contributed by atoms with van der Waals surface area (Å²) < 4.78 is 5.25. The fourth-order valence-electron chi connectivity index (χ4n) is 2.52. The molecule has 0 saturated carbocycles. The average Bonchev–Trinajstić information content (AvgIpc) is 2.85.